The quantitative estimate of drug-likeness (QED) is 0.868. The molecular weight excluding hydrogens is 334 g/mol. The van der Waals surface area contributed by atoms with Crippen LogP contribution < -0.4 is 19.7 Å². The molecule has 0 saturated carbocycles. The van der Waals surface area contributed by atoms with E-state index >= 15 is 0 Å². The number of nitrogens with zero attached hydrogens (tertiary/aromatic N) is 4. The molecule has 1 aromatic heterocycles. The first kappa shape index (κ1) is 17.9. The first-order valence-electron chi connectivity index (χ1n) is 8.39. The van der Waals surface area contributed by atoms with Crippen molar-refractivity contribution in [2.75, 3.05) is 57.7 Å². The van der Waals surface area contributed by atoms with E-state index in [0.717, 1.165) is 32.0 Å². The second kappa shape index (κ2) is 8.01. The summed E-state index contributed by atoms with van der Waals surface area (Å²) in [7, 11) is 5.18. The first-order chi connectivity index (χ1) is 12.6. The SMILES string of the molecule is COc1ccc(OC)c(C(=O)Nc2cc(N3CCN(C)CC3)ncn2)c1. The molecule has 0 atom stereocenters. The van der Waals surface area contributed by atoms with Gasteiger partial charge in [-0.05, 0) is 25.2 Å². The number of ether oxygens (including phenoxy) is 2. The Morgan fingerprint density at radius 2 is 1.85 bits per heavy atom. The largest absolute Gasteiger partial charge is 0.497 e. The molecule has 1 aliphatic heterocycles. The third-order valence-electron chi connectivity index (χ3n) is 4.37. The van der Waals surface area contributed by atoms with Crippen LogP contribution in [0.5, 0.6) is 11.5 Å². The summed E-state index contributed by atoms with van der Waals surface area (Å²) in [5.41, 5.74) is 0.381. The van der Waals surface area contributed by atoms with E-state index in [1.165, 1.54) is 13.4 Å². The zero-order chi connectivity index (χ0) is 18.5. The number of amides is 1. The second-order valence-corrected chi connectivity index (χ2v) is 6.07. The van der Waals surface area contributed by atoms with Crippen LogP contribution in [-0.4, -0.2) is 68.2 Å². The summed E-state index contributed by atoms with van der Waals surface area (Å²) in [5, 5.41) is 2.81. The summed E-state index contributed by atoms with van der Waals surface area (Å²) in [6.45, 7) is 3.74. The van der Waals surface area contributed by atoms with E-state index in [0.29, 0.717) is 22.9 Å². The van der Waals surface area contributed by atoms with Gasteiger partial charge in [-0.1, -0.05) is 0 Å². The Bertz CT molecular complexity index is 775. The number of carbonyl (C=O) groups excluding carboxylic acids is 1. The summed E-state index contributed by atoms with van der Waals surface area (Å²) in [6, 6.07) is 6.86. The van der Waals surface area contributed by atoms with Gasteiger partial charge in [0.2, 0.25) is 0 Å². The Hall–Kier alpha value is -2.87. The third kappa shape index (κ3) is 4.02. The topological polar surface area (TPSA) is 79.8 Å². The van der Waals surface area contributed by atoms with Gasteiger partial charge in [0, 0.05) is 32.2 Å². The number of rotatable bonds is 5. The average Bonchev–Trinajstić information content (AvgIpc) is 2.68. The highest BCUT2D eigenvalue weighted by atomic mass is 16.5. The maximum atomic E-state index is 12.7. The van der Waals surface area contributed by atoms with Gasteiger partial charge in [0.1, 0.15) is 29.5 Å². The highest BCUT2D eigenvalue weighted by molar-refractivity contribution is 6.06. The Balaban J connectivity index is 1.77. The summed E-state index contributed by atoms with van der Waals surface area (Å²) in [5.74, 6) is 1.99. The zero-order valence-corrected chi connectivity index (χ0v) is 15.2. The predicted molar refractivity (Wildman–Crippen MR) is 99.2 cm³/mol. The second-order valence-electron chi connectivity index (χ2n) is 6.07. The van der Waals surface area contributed by atoms with Crippen molar-refractivity contribution in [1.29, 1.82) is 0 Å². The highest BCUT2D eigenvalue weighted by Gasteiger charge is 2.18. The van der Waals surface area contributed by atoms with Crippen molar-refractivity contribution in [2.24, 2.45) is 0 Å². The molecular formula is C18H23N5O3. The number of methoxy groups -OCH3 is 2. The van der Waals surface area contributed by atoms with Crippen LogP contribution in [0, 0.1) is 0 Å². The van der Waals surface area contributed by atoms with Crippen LogP contribution in [0.25, 0.3) is 0 Å². The van der Waals surface area contributed by atoms with Gasteiger partial charge in [-0.3, -0.25) is 4.79 Å². The number of benzene rings is 1. The number of aromatic nitrogens is 2. The number of hydrogen-bond acceptors (Lipinski definition) is 7. The molecule has 1 fully saturated rings. The number of likely N-dealkylation sites (N-methyl/N-ethyl adjacent to an activating group) is 1. The fourth-order valence-electron chi connectivity index (χ4n) is 2.80. The molecule has 2 aromatic rings. The molecule has 0 spiro atoms. The molecule has 1 aliphatic rings. The third-order valence-corrected chi connectivity index (χ3v) is 4.37. The molecule has 26 heavy (non-hydrogen) atoms. The summed E-state index contributed by atoms with van der Waals surface area (Å²) >= 11 is 0. The Morgan fingerprint density at radius 3 is 2.54 bits per heavy atom. The molecule has 0 bridgehead atoms. The fourth-order valence-corrected chi connectivity index (χ4v) is 2.80. The van der Waals surface area contributed by atoms with Crippen LogP contribution in [0.1, 0.15) is 10.4 Å². The molecule has 8 nitrogen and oxygen atoms in total. The van der Waals surface area contributed by atoms with E-state index in [1.807, 2.05) is 0 Å². The molecule has 1 N–H and O–H groups in total. The minimum absolute atomic E-state index is 0.316. The Morgan fingerprint density at radius 1 is 1.08 bits per heavy atom. The number of carbonyl (C=O) groups is 1. The lowest BCUT2D eigenvalue weighted by molar-refractivity contribution is 0.102. The maximum absolute atomic E-state index is 12.7. The fraction of sp³-hybridized carbons (Fsp3) is 0.389. The number of nitrogens with one attached hydrogen (secondary N) is 1. The summed E-state index contributed by atoms with van der Waals surface area (Å²) in [4.78, 5) is 25.6. The average molecular weight is 357 g/mol. The Kier molecular flexibility index (Phi) is 5.52. The van der Waals surface area contributed by atoms with Crippen LogP contribution in [0.4, 0.5) is 11.6 Å². The molecule has 0 radical (unpaired) electrons. The molecule has 3 rings (SSSR count). The molecule has 0 unspecified atom stereocenters. The van der Waals surface area contributed by atoms with Crippen molar-refractivity contribution in [3.05, 3.63) is 36.2 Å². The smallest absolute Gasteiger partial charge is 0.260 e. The Labute approximate surface area is 152 Å². The van der Waals surface area contributed by atoms with E-state index in [2.05, 4.69) is 32.1 Å². The van der Waals surface area contributed by atoms with Crippen LogP contribution >= 0.6 is 0 Å². The molecule has 1 amide bonds. The van der Waals surface area contributed by atoms with Gasteiger partial charge < -0.3 is 24.6 Å². The van der Waals surface area contributed by atoms with Crippen molar-refractivity contribution in [3.63, 3.8) is 0 Å². The van der Waals surface area contributed by atoms with Gasteiger partial charge >= 0.3 is 0 Å². The van der Waals surface area contributed by atoms with Gasteiger partial charge in [-0.15, -0.1) is 0 Å². The standard InChI is InChI=1S/C18H23N5O3/c1-22-6-8-23(9-7-22)17-11-16(19-12-20-17)21-18(24)14-10-13(25-2)4-5-15(14)26-3/h4-5,10-12H,6-9H2,1-3H3,(H,19,20,21,24). The zero-order valence-electron chi connectivity index (χ0n) is 15.2. The minimum Gasteiger partial charge on any atom is -0.497 e. The van der Waals surface area contributed by atoms with Crippen molar-refractivity contribution >= 4 is 17.5 Å². The highest BCUT2D eigenvalue weighted by Crippen LogP contribution is 2.25. The first-order valence-corrected chi connectivity index (χ1v) is 8.39. The monoisotopic (exact) mass is 357 g/mol. The molecule has 1 aromatic carbocycles. The van der Waals surface area contributed by atoms with E-state index in [4.69, 9.17) is 9.47 Å². The van der Waals surface area contributed by atoms with E-state index in [-0.39, 0.29) is 5.91 Å². The predicted octanol–water partition coefficient (Wildman–Crippen LogP) is 1.50. The lowest BCUT2D eigenvalue weighted by Gasteiger charge is -2.33. The minimum atomic E-state index is -0.316. The summed E-state index contributed by atoms with van der Waals surface area (Å²) in [6.07, 6.45) is 1.46. The molecule has 0 aliphatic carbocycles. The van der Waals surface area contributed by atoms with Gasteiger partial charge in [-0.25, -0.2) is 9.97 Å². The van der Waals surface area contributed by atoms with Crippen LogP contribution in [0.3, 0.4) is 0 Å². The molecule has 8 heteroatoms. The lowest BCUT2D eigenvalue weighted by Crippen LogP contribution is -2.44. The van der Waals surface area contributed by atoms with Crippen molar-refractivity contribution < 1.29 is 14.3 Å². The summed E-state index contributed by atoms with van der Waals surface area (Å²) < 4.78 is 10.5. The maximum Gasteiger partial charge on any atom is 0.260 e. The van der Waals surface area contributed by atoms with Crippen molar-refractivity contribution in [2.45, 2.75) is 0 Å². The number of anilines is 2. The number of hydrogen-bond donors (Lipinski definition) is 1. The molecule has 1 saturated heterocycles. The van der Waals surface area contributed by atoms with Gasteiger partial charge in [-0.2, -0.15) is 0 Å². The van der Waals surface area contributed by atoms with Crippen molar-refractivity contribution in [1.82, 2.24) is 14.9 Å². The number of piperazine rings is 1. The van der Waals surface area contributed by atoms with E-state index in [1.54, 1.807) is 31.4 Å². The van der Waals surface area contributed by atoms with Crippen molar-refractivity contribution in [3.8, 4) is 11.5 Å². The van der Waals surface area contributed by atoms with Gasteiger partial charge in [0.15, 0.2) is 0 Å². The van der Waals surface area contributed by atoms with Crippen LogP contribution in [0.15, 0.2) is 30.6 Å². The van der Waals surface area contributed by atoms with E-state index < -0.39 is 0 Å². The van der Waals surface area contributed by atoms with E-state index in [9.17, 15) is 4.79 Å². The van der Waals surface area contributed by atoms with Gasteiger partial charge in [0.05, 0.1) is 19.8 Å². The normalized spacial score (nSPS) is 14.8. The van der Waals surface area contributed by atoms with Gasteiger partial charge in [0.25, 0.3) is 5.91 Å². The lowest BCUT2D eigenvalue weighted by atomic mass is 10.1. The van der Waals surface area contributed by atoms with Crippen LogP contribution in [0.2, 0.25) is 0 Å². The van der Waals surface area contributed by atoms with Crippen LogP contribution in [-0.2, 0) is 0 Å². The molecule has 138 valence electrons. The molecule has 2 heterocycles.